The van der Waals surface area contributed by atoms with Gasteiger partial charge in [0.1, 0.15) is 0 Å². The quantitative estimate of drug-likeness (QED) is 0.833. The standard InChI is InChI=1S/C14H29N3O2S.ClH/c1-3-11-17(14-7-9-15-10-8-14)20(18,19)16-12-5-4-6-13(16)2;/h13-15H,3-12H2,1-2H3;1H. The van der Waals surface area contributed by atoms with Crippen LogP contribution in [0.2, 0.25) is 0 Å². The summed E-state index contributed by atoms with van der Waals surface area (Å²) in [6, 6.07) is 0.324. The van der Waals surface area contributed by atoms with Crippen molar-refractivity contribution in [3.05, 3.63) is 0 Å². The molecule has 0 aromatic rings. The Hall–Kier alpha value is 0.120. The molecular weight excluding hydrogens is 310 g/mol. The van der Waals surface area contributed by atoms with Gasteiger partial charge in [0.05, 0.1) is 0 Å². The van der Waals surface area contributed by atoms with Crippen LogP contribution in [0.1, 0.15) is 52.4 Å². The highest BCUT2D eigenvalue weighted by molar-refractivity contribution is 7.86. The van der Waals surface area contributed by atoms with Crippen LogP contribution in [0.15, 0.2) is 0 Å². The molecule has 0 aromatic carbocycles. The monoisotopic (exact) mass is 339 g/mol. The van der Waals surface area contributed by atoms with Crippen molar-refractivity contribution in [1.29, 1.82) is 0 Å². The van der Waals surface area contributed by atoms with Crippen molar-refractivity contribution in [2.45, 2.75) is 64.5 Å². The van der Waals surface area contributed by atoms with Crippen molar-refractivity contribution in [2.24, 2.45) is 0 Å². The molecule has 0 bridgehead atoms. The largest absolute Gasteiger partial charge is 0.317 e. The molecule has 7 heteroatoms. The fourth-order valence-electron chi connectivity index (χ4n) is 3.35. The highest BCUT2D eigenvalue weighted by atomic mass is 35.5. The summed E-state index contributed by atoms with van der Waals surface area (Å²) in [6.07, 6.45) is 5.88. The third-order valence-electron chi connectivity index (χ3n) is 4.49. The van der Waals surface area contributed by atoms with Crippen molar-refractivity contribution >= 4 is 22.6 Å². The van der Waals surface area contributed by atoms with Crippen LogP contribution >= 0.6 is 12.4 Å². The molecule has 5 nitrogen and oxygen atoms in total. The van der Waals surface area contributed by atoms with Crippen LogP contribution in [0.25, 0.3) is 0 Å². The molecule has 1 atom stereocenters. The van der Waals surface area contributed by atoms with E-state index in [0.717, 1.165) is 51.6 Å². The minimum atomic E-state index is -3.30. The molecule has 0 radical (unpaired) electrons. The highest BCUT2D eigenvalue weighted by Gasteiger charge is 2.37. The number of rotatable bonds is 5. The number of halogens is 1. The first-order chi connectivity index (χ1) is 9.57. The average molecular weight is 340 g/mol. The van der Waals surface area contributed by atoms with E-state index in [1.807, 2.05) is 6.92 Å². The molecule has 2 aliphatic heterocycles. The molecule has 2 rings (SSSR count). The van der Waals surface area contributed by atoms with Crippen molar-refractivity contribution in [2.75, 3.05) is 26.2 Å². The second-order valence-corrected chi connectivity index (χ2v) is 7.89. The third kappa shape index (κ3) is 4.55. The summed E-state index contributed by atoms with van der Waals surface area (Å²) in [4.78, 5) is 0. The zero-order chi connectivity index (χ0) is 14.6. The maximum atomic E-state index is 13.0. The molecule has 0 amide bonds. The lowest BCUT2D eigenvalue weighted by atomic mass is 10.1. The van der Waals surface area contributed by atoms with Gasteiger partial charge in [-0.3, -0.25) is 0 Å². The Morgan fingerprint density at radius 1 is 1.19 bits per heavy atom. The lowest BCUT2D eigenvalue weighted by Gasteiger charge is -2.40. The Bertz CT molecular complexity index is 399. The van der Waals surface area contributed by atoms with Crippen LogP contribution < -0.4 is 5.32 Å². The maximum Gasteiger partial charge on any atom is 0.282 e. The summed E-state index contributed by atoms with van der Waals surface area (Å²) >= 11 is 0. The molecule has 126 valence electrons. The van der Waals surface area contributed by atoms with E-state index in [-0.39, 0.29) is 24.5 Å². The number of hydrogen-bond donors (Lipinski definition) is 1. The predicted octanol–water partition coefficient (Wildman–Crippen LogP) is 1.99. The Labute approximate surface area is 136 Å². The van der Waals surface area contributed by atoms with E-state index in [9.17, 15) is 8.42 Å². The van der Waals surface area contributed by atoms with E-state index in [1.54, 1.807) is 8.61 Å². The van der Waals surface area contributed by atoms with Crippen molar-refractivity contribution < 1.29 is 8.42 Å². The highest BCUT2D eigenvalue weighted by Crippen LogP contribution is 2.25. The van der Waals surface area contributed by atoms with Crippen LogP contribution in [0.5, 0.6) is 0 Å². The molecule has 2 heterocycles. The summed E-state index contributed by atoms with van der Waals surface area (Å²) in [6.45, 7) is 7.29. The zero-order valence-corrected chi connectivity index (χ0v) is 14.9. The van der Waals surface area contributed by atoms with Gasteiger partial charge in [-0.1, -0.05) is 13.3 Å². The lowest BCUT2D eigenvalue weighted by Crippen LogP contribution is -2.54. The predicted molar refractivity (Wildman–Crippen MR) is 89.1 cm³/mol. The summed E-state index contributed by atoms with van der Waals surface area (Å²) in [5, 5.41) is 3.32. The number of piperidine rings is 2. The van der Waals surface area contributed by atoms with E-state index >= 15 is 0 Å². The van der Waals surface area contributed by atoms with Crippen LogP contribution in [-0.4, -0.2) is 55.3 Å². The molecular formula is C14H30ClN3O2S. The fraction of sp³-hybridized carbons (Fsp3) is 1.00. The van der Waals surface area contributed by atoms with Gasteiger partial charge >= 0.3 is 0 Å². The van der Waals surface area contributed by atoms with E-state index in [2.05, 4.69) is 12.2 Å². The third-order valence-corrected chi connectivity index (χ3v) is 6.70. The summed E-state index contributed by atoms with van der Waals surface area (Å²) in [7, 11) is -3.30. The maximum absolute atomic E-state index is 13.0. The summed E-state index contributed by atoms with van der Waals surface area (Å²) < 4.78 is 29.6. The molecule has 2 saturated heterocycles. The molecule has 21 heavy (non-hydrogen) atoms. The second-order valence-electron chi connectivity index (χ2n) is 6.06. The van der Waals surface area contributed by atoms with Crippen LogP contribution in [0, 0.1) is 0 Å². The lowest BCUT2D eigenvalue weighted by molar-refractivity contribution is 0.209. The molecule has 0 spiro atoms. The SMILES string of the molecule is CCCN(C1CCNCC1)S(=O)(=O)N1CCCCC1C.Cl. The Morgan fingerprint density at radius 3 is 2.43 bits per heavy atom. The van der Waals surface area contributed by atoms with E-state index in [4.69, 9.17) is 0 Å². The molecule has 0 aromatic heterocycles. The van der Waals surface area contributed by atoms with Gasteiger partial charge in [-0.2, -0.15) is 17.0 Å². The molecule has 0 saturated carbocycles. The van der Waals surface area contributed by atoms with Crippen molar-refractivity contribution in [3.8, 4) is 0 Å². The number of hydrogen-bond acceptors (Lipinski definition) is 3. The summed E-state index contributed by atoms with van der Waals surface area (Å²) in [5.74, 6) is 0. The first-order valence-electron chi connectivity index (χ1n) is 8.06. The average Bonchev–Trinajstić information content (AvgIpc) is 2.45. The van der Waals surface area contributed by atoms with Gasteiger partial charge in [0, 0.05) is 25.2 Å². The smallest absolute Gasteiger partial charge is 0.282 e. The Balaban J connectivity index is 0.00000220. The minimum absolute atomic E-state index is 0. The molecule has 0 aliphatic carbocycles. The van der Waals surface area contributed by atoms with Gasteiger partial charge < -0.3 is 5.32 Å². The number of nitrogens with one attached hydrogen (secondary N) is 1. The van der Waals surface area contributed by atoms with Gasteiger partial charge in [-0.05, 0) is 52.1 Å². The van der Waals surface area contributed by atoms with Crippen LogP contribution in [-0.2, 0) is 10.2 Å². The van der Waals surface area contributed by atoms with Gasteiger partial charge in [-0.15, -0.1) is 12.4 Å². The zero-order valence-electron chi connectivity index (χ0n) is 13.3. The first-order valence-corrected chi connectivity index (χ1v) is 9.46. The van der Waals surface area contributed by atoms with E-state index in [1.165, 1.54) is 0 Å². The Morgan fingerprint density at radius 2 is 1.86 bits per heavy atom. The van der Waals surface area contributed by atoms with Gasteiger partial charge in [0.15, 0.2) is 0 Å². The number of nitrogens with zero attached hydrogens (tertiary/aromatic N) is 2. The first kappa shape index (κ1) is 19.2. The van der Waals surface area contributed by atoms with Crippen LogP contribution in [0.4, 0.5) is 0 Å². The molecule has 1 unspecified atom stereocenters. The topological polar surface area (TPSA) is 52.7 Å². The van der Waals surface area contributed by atoms with Gasteiger partial charge in [-0.25, -0.2) is 0 Å². The van der Waals surface area contributed by atoms with Crippen LogP contribution in [0.3, 0.4) is 0 Å². The Kier molecular flexibility index (Phi) is 7.92. The second kappa shape index (κ2) is 8.67. The van der Waals surface area contributed by atoms with Gasteiger partial charge in [0.2, 0.25) is 0 Å². The van der Waals surface area contributed by atoms with E-state index < -0.39 is 10.2 Å². The van der Waals surface area contributed by atoms with Gasteiger partial charge in [0.25, 0.3) is 10.2 Å². The molecule has 2 fully saturated rings. The fourth-order valence-corrected chi connectivity index (χ4v) is 5.54. The molecule has 2 aliphatic rings. The molecule has 1 N–H and O–H groups in total. The normalized spacial score (nSPS) is 25.8. The van der Waals surface area contributed by atoms with E-state index in [0.29, 0.717) is 13.1 Å². The van der Waals surface area contributed by atoms with Crippen molar-refractivity contribution in [3.63, 3.8) is 0 Å². The summed E-state index contributed by atoms with van der Waals surface area (Å²) in [5.41, 5.74) is 0. The van der Waals surface area contributed by atoms with Crippen molar-refractivity contribution in [1.82, 2.24) is 13.9 Å². The minimum Gasteiger partial charge on any atom is -0.317 e.